The van der Waals surface area contributed by atoms with E-state index < -0.39 is 0 Å². The van der Waals surface area contributed by atoms with Crippen molar-refractivity contribution in [2.24, 2.45) is 0 Å². The predicted molar refractivity (Wildman–Crippen MR) is 49.9 cm³/mol. The first kappa shape index (κ1) is 8.80. The molecule has 0 aliphatic carbocycles. The van der Waals surface area contributed by atoms with Crippen LogP contribution in [0.4, 0.5) is 0 Å². The van der Waals surface area contributed by atoms with Crippen molar-refractivity contribution in [1.82, 2.24) is 0 Å². The second-order valence-electron chi connectivity index (χ2n) is 2.81. The van der Waals surface area contributed by atoms with E-state index >= 15 is 0 Å². The summed E-state index contributed by atoms with van der Waals surface area (Å²) in [6.07, 6.45) is 1.94. The molecule has 0 radical (unpaired) electrons. The van der Waals surface area contributed by atoms with Gasteiger partial charge < -0.3 is 0 Å². The van der Waals surface area contributed by atoms with Gasteiger partial charge in [0.05, 0.1) is 11.6 Å². The van der Waals surface area contributed by atoms with Crippen LogP contribution in [0.3, 0.4) is 0 Å². The van der Waals surface area contributed by atoms with Crippen LogP contribution in [-0.4, -0.2) is 0 Å². The monoisotopic (exact) mass is 159 g/mol. The van der Waals surface area contributed by atoms with Crippen LogP contribution < -0.4 is 0 Å². The van der Waals surface area contributed by atoms with Crippen LogP contribution in [0.2, 0.25) is 0 Å². The van der Waals surface area contributed by atoms with Gasteiger partial charge in [0.15, 0.2) is 0 Å². The van der Waals surface area contributed by atoms with E-state index in [0.717, 1.165) is 24.0 Å². The highest BCUT2D eigenvalue weighted by Crippen LogP contribution is 2.12. The Hall–Kier alpha value is -1.29. The lowest BCUT2D eigenvalue weighted by Crippen LogP contribution is -1.89. The van der Waals surface area contributed by atoms with Crippen molar-refractivity contribution >= 4 is 0 Å². The Kier molecular flexibility index (Phi) is 2.88. The number of benzene rings is 1. The molecule has 0 atom stereocenters. The molecule has 0 fully saturated rings. The summed E-state index contributed by atoms with van der Waals surface area (Å²) in [5, 5.41) is 8.82. The zero-order chi connectivity index (χ0) is 8.97. The molecule has 12 heavy (non-hydrogen) atoms. The second-order valence-corrected chi connectivity index (χ2v) is 2.81. The number of aryl methyl sites for hydroxylation is 2. The molecule has 0 aliphatic heterocycles. The van der Waals surface area contributed by atoms with Crippen LogP contribution in [0, 0.1) is 11.3 Å². The quantitative estimate of drug-likeness (QED) is 0.650. The van der Waals surface area contributed by atoms with Gasteiger partial charge in [0.25, 0.3) is 0 Å². The van der Waals surface area contributed by atoms with Gasteiger partial charge in [-0.3, -0.25) is 0 Å². The Morgan fingerprint density at radius 1 is 1.25 bits per heavy atom. The van der Waals surface area contributed by atoms with Crippen molar-refractivity contribution in [3.63, 3.8) is 0 Å². The van der Waals surface area contributed by atoms with Gasteiger partial charge in [0.2, 0.25) is 0 Å². The Morgan fingerprint density at radius 3 is 2.50 bits per heavy atom. The fourth-order valence-corrected chi connectivity index (χ4v) is 1.26. The molecule has 0 bridgehead atoms. The van der Waals surface area contributed by atoms with Gasteiger partial charge >= 0.3 is 0 Å². The average Bonchev–Trinajstić information content (AvgIpc) is 2.16. The summed E-state index contributed by atoms with van der Waals surface area (Å²) in [6, 6.07) is 8.36. The molecule has 0 aliphatic rings. The van der Waals surface area contributed by atoms with Gasteiger partial charge in [0, 0.05) is 0 Å². The summed E-state index contributed by atoms with van der Waals surface area (Å²) in [5.41, 5.74) is 3.22. The second kappa shape index (κ2) is 3.92. The lowest BCUT2D eigenvalue weighted by molar-refractivity contribution is 1.09. The van der Waals surface area contributed by atoms with Crippen molar-refractivity contribution in [3.8, 4) is 6.07 Å². The molecular formula is C11H13N. The number of hydrogen-bond acceptors (Lipinski definition) is 1. The van der Waals surface area contributed by atoms with Crippen molar-refractivity contribution in [2.45, 2.75) is 26.7 Å². The minimum atomic E-state index is 0.830. The molecule has 1 rings (SSSR count). The van der Waals surface area contributed by atoms with Gasteiger partial charge in [-0.25, -0.2) is 0 Å². The first-order valence-corrected chi connectivity index (χ1v) is 4.33. The van der Waals surface area contributed by atoms with Gasteiger partial charge in [-0.15, -0.1) is 0 Å². The van der Waals surface area contributed by atoms with Crippen LogP contribution in [0.25, 0.3) is 0 Å². The van der Waals surface area contributed by atoms with E-state index in [1.54, 1.807) is 0 Å². The Morgan fingerprint density at radius 2 is 2.00 bits per heavy atom. The van der Waals surface area contributed by atoms with Gasteiger partial charge in [-0.2, -0.15) is 5.26 Å². The third-order valence-corrected chi connectivity index (χ3v) is 2.08. The van der Waals surface area contributed by atoms with Crippen molar-refractivity contribution in [2.75, 3.05) is 0 Å². The summed E-state index contributed by atoms with van der Waals surface area (Å²) in [7, 11) is 0. The van der Waals surface area contributed by atoms with Gasteiger partial charge in [0.1, 0.15) is 0 Å². The van der Waals surface area contributed by atoms with E-state index in [0.29, 0.717) is 0 Å². The maximum Gasteiger partial charge on any atom is 0.0994 e. The molecule has 0 saturated heterocycles. The third kappa shape index (κ3) is 1.65. The molecular weight excluding hydrogens is 146 g/mol. The molecule has 1 aromatic rings. The first-order chi connectivity index (χ1) is 5.81. The minimum Gasteiger partial charge on any atom is -0.192 e. The summed E-state index contributed by atoms with van der Waals surface area (Å²) in [5.74, 6) is 0. The van der Waals surface area contributed by atoms with Gasteiger partial charge in [-0.05, 0) is 30.0 Å². The van der Waals surface area contributed by atoms with Crippen molar-refractivity contribution in [1.29, 1.82) is 5.26 Å². The van der Waals surface area contributed by atoms with E-state index in [1.165, 1.54) is 5.56 Å². The summed E-state index contributed by atoms with van der Waals surface area (Å²) >= 11 is 0. The molecule has 1 aromatic carbocycles. The van der Waals surface area contributed by atoms with Gasteiger partial charge in [-0.1, -0.05) is 26.0 Å². The zero-order valence-electron chi connectivity index (χ0n) is 7.59. The SMILES string of the molecule is CCc1ccc(CC)c(C#N)c1. The number of rotatable bonds is 2. The van der Waals surface area contributed by atoms with Crippen LogP contribution in [0.15, 0.2) is 18.2 Å². The van der Waals surface area contributed by atoms with E-state index in [-0.39, 0.29) is 0 Å². The number of hydrogen-bond donors (Lipinski definition) is 0. The highest BCUT2D eigenvalue weighted by molar-refractivity contribution is 5.40. The van der Waals surface area contributed by atoms with Crippen LogP contribution in [0.1, 0.15) is 30.5 Å². The van der Waals surface area contributed by atoms with Crippen molar-refractivity contribution < 1.29 is 0 Å². The standard InChI is InChI=1S/C11H13N/c1-3-9-5-6-10(4-2)11(7-9)8-12/h5-7H,3-4H2,1-2H3. The number of nitriles is 1. The first-order valence-electron chi connectivity index (χ1n) is 4.33. The van der Waals surface area contributed by atoms with E-state index in [9.17, 15) is 0 Å². The van der Waals surface area contributed by atoms with Crippen LogP contribution in [0.5, 0.6) is 0 Å². The van der Waals surface area contributed by atoms with E-state index in [2.05, 4.69) is 32.0 Å². The molecule has 0 unspecified atom stereocenters. The Balaban J connectivity index is 3.13. The minimum absolute atomic E-state index is 0.830. The summed E-state index contributed by atoms with van der Waals surface area (Å²) in [4.78, 5) is 0. The van der Waals surface area contributed by atoms with Crippen LogP contribution in [-0.2, 0) is 12.8 Å². The fraction of sp³-hybridized carbons (Fsp3) is 0.364. The maximum atomic E-state index is 8.82. The molecule has 0 N–H and O–H groups in total. The zero-order valence-corrected chi connectivity index (χ0v) is 7.59. The Labute approximate surface area is 73.6 Å². The summed E-state index contributed by atoms with van der Waals surface area (Å²) < 4.78 is 0. The molecule has 0 amide bonds. The largest absolute Gasteiger partial charge is 0.192 e. The highest BCUT2D eigenvalue weighted by atomic mass is 14.2. The normalized spacial score (nSPS) is 9.42. The Bertz CT molecular complexity index is 307. The van der Waals surface area contributed by atoms with Crippen LogP contribution >= 0.6 is 0 Å². The third-order valence-electron chi connectivity index (χ3n) is 2.08. The molecule has 0 aromatic heterocycles. The van der Waals surface area contributed by atoms with E-state index in [4.69, 9.17) is 5.26 Å². The molecule has 62 valence electrons. The smallest absolute Gasteiger partial charge is 0.0994 e. The lowest BCUT2D eigenvalue weighted by atomic mass is 10.0. The molecule has 1 heteroatoms. The maximum absolute atomic E-state index is 8.82. The predicted octanol–water partition coefficient (Wildman–Crippen LogP) is 2.68. The fourth-order valence-electron chi connectivity index (χ4n) is 1.26. The molecule has 1 nitrogen and oxygen atoms in total. The topological polar surface area (TPSA) is 23.8 Å². The lowest BCUT2D eigenvalue weighted by Gasteiger charge is -2.02. The molecule has 0 spiro atoms. The van der Waals surface area contributed by atoms with Crippen molar-refractivity contribution in [3.05, 3.63) is 34.9 Å². The average molecular weight is 159 g/mol. The van der Waals surface area contributed by atoms with E-state index in [1.807, 2.05) is 6.07 Å². The summed E-state index contributed by atoms with van der Waals surface area (Å²) in [6.45, 7) is 4.17. The molecule has 0 heterocycles. The molecule has 0 saturated carbocycles. The number of nitrogens with zero attached hydrogens (tertiary/aromatic N) is 1. The highest BCUT2D eigenvalue weighted by Gasteiger charge is 1.99.